The minimum absolute atomic E-state index is 0.0234. The standard InChI is InChI=1S/C18H24N2O5/c1-18(2,3)25-17(23)15(12-7-5-4-6-8-12)13(9-19)20-11-24-10-14(20)16(21)22/h4-8,10,13,15H,9,11,19H2,1-3H3,(H,21,22). The summed E-state index contributed by atoms with van der Waals surface area (Å²) in [5.74, 6) is -2.33. The maximum atomic E-state index is 12.9. The number of ether oxygens (including phenoxy) is 2. The molecule has 0 saturated heterocycles. The molecule has 1 aliphatic rings. The highest BCUT2D eigenvalue weighted by Crippen LogP contribution is 2.30. The molecule has 0 bridgehead atoms. The maximum Gasteiger partial charge on any atom is 0.355 e. The first-order valence-electron chi connectivity index (χ1n) is 8.04. The zero-order valence-corrected chi connectivity index (χ0v) is 14.6. The lowest BCUT2D eigenvalue weighted by atomic mass is 9.90. The van der Waals surface area contributed by atoms with Gasteiger partial charge < -0.3 is 25.2 Å². The summed E-state index contributed by atoms with van der Waals surface area (Å²) in [5, 5.41) is 9.36. The van der Waals surface area contributed by atoms with Gasteiger partial charge in [-0.15, -0.1) is 0 Å². The number of nitrogens with zero attached hydrogens (tertiary/aromatic N) is 1. The topological polar surface area (TPSA) is 102 Å². The van der Waals surface area contributed by atoms with E-state index in [1.807, 2.05) is 18.2 Å². The number of carbonyl (C=O) groups is 2. The van der Waals surface area contributed by atoms with Gasteiger partial charge in [0.05, 0.1) is 6.04 Å². The van der Waals surface area contributed by atoms with Gasteiger partial charge in [-0.05, 0) is 26.3 Å². The molecular weight excluding hydrogens is 324 g/mol. The zero-order valence-electron chi connectivity index (χ0n) is 14.6. The zero-order chi connectivity index (χ0) is 18.6. The normalized spacial score (nSPS) is 16.6. The number of hydrogen-bond donors (Lipinski definition) is 2. The summed E-state index contributed by atoms with van der Waals surface area (Å²) in [5.41, 5.74) is 5.94. The second-order valence-corrected chi connectivity index (χ2v) is 6.80. The summed E-state index contributed by atoms with van der Waals surface area (Å²) in [6, 6.07) is 8.47. The van der Waals surface area contributed by atoms with Crippen LogP contribution in [-0.2, 0) is 19.1 Å². The van der Waals surface area contributed by atoms with E-state index < -0.39 is 29.5 Å². The molecule has 1 aromatic carbocycles. The van der Waals surface area contributed by atoms with Gasteiger partial charge in [-0.2, -0.15) is 0 Å². The van der Waals surface area contributed by atoms with Gasteiger partial charge in [0.1, 0.15) is 17.8 Å². The highest BCUT2D eigenvalue weighted by Gasteiger charge is 2.40. The van der Waals surface area contributed by atoms with Crippen LogP contribution in [0.4, 0.5) is 0 Å². The van der Waals surface area contributed by atoms with E-state index in [4.69, 9.17) is 15.2 Å². The molecular formula is C18H24N2O5. The van der Waals surface area contributed by atoms with E-state index in [0.717, 1.165) is 0 Å². The fourth-order valence-electron chi connectivity index (χ4n) is 2.77. The summed E-state index contributed by atoms with van der Waals surface area (Å²) in [7, 11) is 0. The minimum atomic E-state index is -1.13. The first-order valence-corrected chi connectivity index (χ1v) is 8.04. The van der Waals surface area contributed by atoms with Crippen molar-refractivity contribution in [3.8, 4) is 0 Å². The van der Waals surface area contributed by atoms with Crippen LogP contribution in [0.2, 0.25) is 0 Å². The molecule has 1 aromatic rings. The molecule has 0 spiro atoms. The SMILES string of the molecule is CC(C)(C)OC(=O)C(c1ccccc1)C(CN)N1COC=C1C(=O)O. The molecule has 0 radical (unpaired) electrons. The monoisotopic (exact) mass is 348 g/mol. The lowest BCUT2D eigenvalue weighted by Gasteiger charge is -2.34. The van der Waals surface area contributed by atoms with E-state index in [2.05, 4.69) is 0 Å². The van der Waals surface area contributed by atoms with Gasteiger partial charge in [-0.1, -0.05) is 30.3 Å². The molecule has 0 amide bonds. The number of rotatable bonds is 6. The molecule has 2 atom stereocenters. The van der Waals surface area contributed by atoms with Crippen LogP contribution in [0, 0.1) is 0 Å². The first-order chi connectivity index (χ1) is 11.7. The number of carbonyl (C=O) groups excluding carboxylic acids is 1. The van der Waals surface area contributed by atoms with Crippen molar-refractivity contribution >= 4 is 11.9 Å². The van der Waals surface area contributed by atoms with Crippen LogP contribution < -0.4 is 5.73 Å². The molecule has 1 heterocycles. The van der Waals surface area contributed by atoms with Crippen molar-refractivity contribution in [2.75, 3.05) is 13.3 Å². The van der Waals surface area contributed by atoms with Crippen molar-refractivity contribution < 1.29 is 24.2 Å². The molecule has 0 aromatic heterocycles. The summed E-state index contributed by atoms with van der Waals surface area (Å²) in [6.07, 6.45) is 1.17. The Kier molecular flexibility index (Phi) is 5.69. The Morgan fingerprint density at radius 1 is 1.32 bits per heavy atom. The predicted molar refractivity (Wildman–Crippen MR) is 91.4 cm³/mol. The average molecular weight is 348 g/mol. The number of benzene rings is 1. The van der Waals surface area contributed by atoms with E-state index in [0.29, 0.717) is 5.56 Å². The van der Waals surface area contributed by atoms with Gasteiger partial charge in [-0.25, -0.2) is 4.79 Å². The van der Waals surface area contributed by atoms with Crippen molar-refractivity contribution in [3.63, 3.8) is 0 Å². The molecule has 25 heavy (non-hydrogen) atoms. The number of hydrogen-bond acceptors (Lipinski definition) is 6. The largest absolute Gasteiger partial charge is 0.478 e. The molecule has 136 valence electrons. The van der Waals surface area contributed by atoms with Gasteiger partial charge in [0.25, 0.3) is 0 Å². The van der Waals surface area contributed by atoms with E-state index in [-0.39, 0.29) is 19.0 Å². The van der Waals surface area contributed by atoms with E-state index in [1.54, 1.807) is 32.9 Å². The van der Waals surface area contributed by atoms with Gasteiger partial charge in [0.2, 0.25) is 0 Å². The Bertz CT molecular complexity index is 651. The van der Waals surface area contributed by atoms with E-state index >= 15 is 0 Å². The molecule has 7 nitrogen and oxygen atoms in total. The second-order valence-electron chi connectivity index (χ2n) is 6.80. The van der Waals surface area contributed by atoms with Crippen molar-refractivity contribution in [3.05, 3.63) is 47.9 Å². The lowest BCUT2D eigenvalue weighted by Crippen LogP contribution is -2.48. The molecule has 0 saturated carbocycles. The fourth-order valence-corrected chi connectivity index (χ4v) is 2.77. The number of esters is 1. The highest BCUT2D eigenvalue weighted by molar-refractivity contribution is 5.86. The van der Waals surface area contributed by atoms with Crippen LogP contribution in [0.15, 0.2) is 42.3 Å². The molecule has 0 aliphatic carbocycles. The van der Waals surface area contributed by atoms with Crippen LogP contribution in [-0.4, -0.2) is 46.9 Å². The maximum absolute atomic E-state index is 12.9. The third-order valence-electron chi connectivity index (χ3n) is 3.78. The minimum Gasteiger partial charge on any atom is -0.478 e. The highest BCUT2D eigenvalue weighted by atomic mass is 16.6. The van der Waals surface area contributed by atoms with Crippen LogP contribution in [0.25, 0.3) is 0 Å². The van der Waals surface area contributed by atoms with Crippen LogP contribution in [0.5, 0.6) is 0 Å². The van der Waals surface area contributed by atoms with Crippen molar-refractivity contribution in [2.24, 2.45) is 5.73 Å². The summed E-state index contributed by atoms with van der Waals surface area (Å²) in [6.45, 7) is 5.44. The quantitative estimate of drug-likeness (QED) is 0.754. The van der Waals surface area contributed by atoms with E-state index in [9.17, 15) is 14.7 Å². The van der Waals surface area contributed by atoms with Gasteiger partial charge in [0, 0.05) is 6.54 Å². The van der Waals surface area contributed by atoms with Gasteiger partial charge in [0.15, 0.2) is 12.4 Å². The Labute approximate surface area is 147 Å². The first kappa shape index (κ1) is 18.8. The summed E-state index contributed by atoms with van der Waals surface area (Å²) < 4.78 is 10.7. The third kappa shape index (κ3) is 4.51. The van der Waals surface area contributed by atoms with Crippen LogP contribution in [0.1, 0.15) is 32.3 Å². The predicted octanol–water partition coefficient (Wildman–Crippen LogP) is 1.65. The van der Waals surface area contributed by atoms with Crippen molar-refractivity contribution in [1.82, 2.24) is 4.90 Å². The lowest BCUT2D eigenvalue weighted by molar-refractivity contribution is -0.159. The van der Waals surface area contributed by atoms with Gasteiger partial charge in [-0.3, -0.25) is 4.79 Å². The Hall–Kier alpha value is -2.54. The molecule has 3 N–H and O–H groups in total. The Morgan fingerprint density at radius 3 is 2.48 bits per heavy atom. The third-order valence-corrected chi connectivity index (χ3v) is 3.78. The number of carboxylic acid groups (broad SMARTS) is 1. The fraction of sp³-hybridized carbons (Fsp3) is 0.444. The molecule has 2 rings (SSSR count). The smallest absolute Gasteiger partial charge is 0.355 e. The van der Waals surface area contributed by atoms with Crippen LogP contribution in [0.3, 0.4) is 0 Å². The average Bonchev–Trinajstić information content (AvgIpc) is 3.01. The van der Waals surface area contributed by atoms with Gasteiger partial charge >= 0.3 is 11.9 Å². The molecule has 7 heteroatoms. The number of aliphatic carboxylic acids is 1. The Balaban J connectivity index is 2.41. The van der Waals surface area contributed by atoms with Crippen molar-refractivity contribution in [2.45, 2.75) is 38.3 Å². The molecule has 0 fully saturated rings. The van der Waals surface area contributed by atoms with E-state index in [1.165, 1.54) is 11.2 Å². The van der Waals surface area contributed by atoms with Crippen molar-refractivity contribution in [1.29, 1.82) is 0 Å². The number of nitrogens with two attached hydrogens (primary N) is 1. The van der Waals surface area contributed by atoms with Crippen LogP contribution >= 0.6 is 0 Å². The molecule has 1 aliphatic heterocycles. The Morgan fingerprint density at radius 2 is 1.96 bits per heavy atom. The summed E-state index contributed by atoms with van der Waals surface area (Å²) in [4.78, 5) is 25.8. The molecule has 2 unspecified atom stereocenters. The second kappa shape index (κ2) is 7.57. The number of carboxylic acids is 1. The summed E-state index contributed by atoms with van der Waals surface area (Å²) >= 11 is 0.